The molecule has 0 bridgehead atoms. The monoisotopic (exact) mass is 629 g/mol. The fourth-order valence-electron chi connectivity index (χ4n) is 10.2. The summed E-state index contributed by atoms with van der Waals surface area (Å²) in [5, 5.41) is 11.8. The maximum atomic E-state index is 12.5. The molecule has 0 amide bonds. The zero-order valence-electron chi connectivity index (χ0n) is 28.3. The number of esters is 1. The second-order valence-corrected chi connectivity index (χ2v) is 15.2. The van der Waals surface area contributed by atoms with Gasteiger partial charge in [0, 0.05) is 13.2 Å². The molecule has 0 aliphatic heterocycles. The smallest absolute Gasteiger partial charge is 0.310 e. The van der Waals surface area contributed by atoms with Crippen LogP contribution in [-0.2, 0) is 27.3 Å². The van der Waals surface area contributed by atoms with E-state index in [9.17, 15) is 14.9 Å². The highest BCUT2D eigenvalue weighted by Crippen LogP contribution is 2.67. The summed E-state index contributed by atoms with van der Waals surface area (Å²) in [6, 6.07) is 12.5. The molecule has 0 spiro atoms. The van der Waals surface area contributed by atoms with Crippen LogP contribution in [0.5, 0.6) is 5.75 Å². The molecule has 0 saturated heterocycles. The number of nitro benzene ring substituents is 1. The van der Waals surface area contributed by atoms with E-state index < -0.39 is 10.9 Å². The van der Waals surface area contributed by atoms with E-state index in [4.69, 9.17) is 14.2 Å². The van der Waals surface area contributed by atoms with Gasteiger partial charge < -0.3 is 14.2 Å². The number of aryl methyl sites for hydroxylation is 1. The van der Waals surface area contributed by atoms with Crippen LogP contribution >= 0.6 is 0 Å². The molecule has 3 saturated carbocycles. The number of hydrogen-bond donors (Lipinski definition) is 0. The summed E-state index contributed by atoms with van der Waals surface area (Å²) < 4.78 is 17.6. The Balaban J connectivity index is 1.08. The highest BCUT2D eigenvalue weighted by atomic mass is 16.6. The molecular weight excluding hydrogens is 578 g/mol. The maximum absolute atomic E-state index is 12.5. The van der Waals surface area contributed by atoms with E-state index in [1.54, 1.807) is 17.7 Å². The van der Waals surface area contributed by atoms with Crippen LogP contribution < -0.4 is 4.74 Å². The highest BCUT2D eigenvalue weighted by Gasteiger charge is 2.59. The van der Waals surface area contributed by atoms with Gasteiger partial charge in [0.1, 0.15) is 12.4 Å². The third kappa shape index (κ3) is 6.24. The third-order valence-electron chi connectivity index (χ3n) is 12.8. The van der Waals surface area contributed by atoms with Gasteiger partial charge >= 0.3 is 5.97 Å². The zero-order chi connectivity index (χ0) is 32.6. The molecule has 0 unspecified atom stereocenters. The van der Waals surface area contributed by atoms with Crippen molar-refractivity contribution in [3.05, 3.63) is 80.9 Å². The first-order valence-electron chi connectivity index (χ1n) is 17.4. The molecule has 248 valence electrons. The third-order valence-corrected chi connectivity index (χ3v) is 12.8. The van der Waals surface area contributed by atoms with Gasteiger partial charge in [-0.05, 0) is 116 Å². The lowest BCUT2D eigenvalue weighted by molar-refractivity contribution is -0.385. The fraction of sp³-hybridized carbons (Fsp3) is 0.615. The fourth-order valence-corrected chi connectivity index (χ4v) is 10.2. The van der Waals surface area contributed by atoms with Crippen molar-refractivity contribution in [2.24, 2.45) is 40.4 Å². The summed E-state index contributed by atoms with van der Waals surface area (Å²) in [6.45, 7) is 9.81. The number of hydrogen-bond acceptors (Lipinski definition) is 6. The summed E-state index contributed by atoms with van der Waals surface area (Å²) in [4.78, 5) is 23.8. The van der Waals surface area contributed by atoms with Crippen LogP contribution in [0.1, 0.15) is 88.8 Å². The van der Waals surface area contributed by atoms with Crippen LogP contribution in [0.15, 0.2) is 54.1 Å². The van der Waals surface area contributed by atoms with Gasteiger partial charge in [-0.3, -0.25) is 14.9 Å². The molecule has 0 radical (unpaired) electrons. The first kappa shape index (κ1) is 32.7. The molecule has 4 aliphatic rings. The average Bonchev–Trinajstić information content (AvgIpc) is 3.40. The minimum absolute atomic E-state index is 0.0690. The Morgan fingerprint density at radius 3 is 2.57 bits per heavy atom. The van der Waals surface area contributed by atoms with Crippen LogP contribution in [0.3, 0.4) is 0 Å². The normalized spacial score (nSPS) is 32.4. The molecule has 2 aromatic carbocycles. The van der Waals surface area contributed by atoms with Crippen LogP contribution in [0.4, 0.5) is 5.69 Å². The molecule has 7 nitrogen and oxygen atoms in total. The second-order valence-electron chi connectivity index (χ2n) is 15.2. The number of carbonyl (C=O) groups is 1. The number of nitro groups is 1. The number of fused-ring (bicyclic) bond motifs is 5. The molecular formula is C39H51NO6. The number of nitrogens with zero attached hydrogens (tertiary/aromatic N) is 1. The van der Waals surface area contributed by atoms with Crippen LogP contribution in [0.25, 0.3) is 0 Å². The standard InChI is InChI=1S/C39H51NO6/c1-25-6-8-27(9-7-25)20-37(41)46-24-28-21-31(11-15-36(28)40(42)43)45-23-26(2)33-13-14-34-32-12-10-29-22-30(44-5)16-18-38(29,3)35(32)17-19-39(33,34)4/h6-11,15,21,26,30,32-35H,12-14,16-20,22-24H2,1-5H3/t26-,30+,32+,33-,34+,35+,38+,39-/m1/s1. The molecule has 2 aromatic rings. The summed E-state index contributed by atoms with van der Waals surface area (Å²) in [5.41, 5.74) is 4.53. The number of allylic oxidation sites excluding steroid dienone is 1. The van der Waals surface area contributed by atoms with Crippen molar-refractivity contribution in [3.8, 4) is 5.75 Å². The second kappa shape index (κ2) is 13.1. The lowest BCUT2D eigenvalue weighted by Crippen LogP contribution is -2.51. The van der Waals surface area contributed by atoms with Crippen LogP contribution in [0, 0.1) is 57.5 Å². The Morgan fingerprint density at radius 1 is 1.04 bits per heavy atom. The Hall–Kier alpha value is -3.19. The van der Waals surface area contributed by atoms with Crippen LogP contribution in [-0.4, -0.2) is 30.7 Å². The van der Waals surface area contributed by atoms with Gasteiger partial charge in [-0.1, -0.05) is 62.2 Å². The van der Waals surface area contributed by atoms with Gasteiger partial charge in [0.25, 0.3) is 5.69 Å². The minimum atomic E-state index is -0.432. The molecule has 6 rings (SSSR count). The number of ether oxygens (including phenoxy) is 3. The minimum Gasteiger partial charge on any atom is -0.493 e. The summed E-state index contributed by atoms with van der Waals surface area (Å²) >= 11 is 0. The quantitative estimate of drug-likeness (QED) is 0.113. The molecule has 4 aliphatic carbocycles. The molecule has 0 aromatic heterocycles. The number of benzene rings is 2. The summed E-state index contributed by atoms with van der Waals surface area (Å²) in [5.74, 6) is 3.39. The van der Waals surface area contributed by atoms with E-state index >= 15 is 0 Å². The van der Waals surface area contributed by atoms with Gasteiger partial charge in [-0.2, -0.15) is 0 Å². The number of carbonyl (C=O) groups excluding carboxylic acids is 1. The van der Waals surface area contributed by atoms with E-state index in [0.29, 0.717) is 46.7 Å². The predicted molar refractivity (Wildman–Crippen MR) is 178 cm³/mol. The van der Waals surface area contributed by atoms with Crippen molar-refractivity contribution in [2.45, 2.75) is 98.2 Å². The first-order chi connectivity index (χ1) is 22.0. The van der Waals surface area contributed by atoms with Crippen molar-refractivity contribution in [3.63, 3.8) is 0 Å². The van der Waals surface area contributed by atoms with E-state index in [0.717, 1.165) is 35.3 Å². The Morgan fingerprint density at radius 2 is 1.83 bits per heavy atom. The van der Waals surface area contributed by atoms with Gasteiger partial charge in [0.2, 0.25) is 0 Å². The van der Waals surface area contributed by atoms with Crippen molar-refractivity contribution < 1.29 is 23.9 Å². The molecule has 0 heterocycles. The lowest BCUT2D eigenvalue weighted by atomic mass is 9.47. The topological polar surface area (TPSA) is 87.9 Å². The highest BCUT2D eigenvalue weighted by molar-refractivity contribution is 5.72. The van der Waals surface area contributed by atoms with E-state index in [2.05, 4.69) is 26.8 Å². The molecule has 7 heteroatoms. The first-order valence-corrected chi connectivity index (χ1v) is 17.4. The summed E-state index contributed by atoms with van der Waals surface area (Å²) in [7, 11) is 1.86. The SMILES string of the molecule is CO[C@H]1CC[C@@]2(C)C(=CC[C@H]3[C@@H]4CC[C@H]([C@H](C)COc5ccc([N+](=O)[O-])c(COC(=O)Cc6ccc(C)cc6)c5)[C@@]4(C)CC[C@@H]32)C1. The van der Waals surface area contributed by atoms with Crippen molar-refractivity contribution >= 4 is 11.7 Å². The van der Waals surface area contributed by atoms with Gasteiger partial charge in [0.15, 0.2) is 0 Å². The molecule has 46 heavy (non-hydrogen) atoms. The number of rotatable bonds is 10. The maximum Gasteiger partial charge on any atom is 0.310 e. The van der Waals surface area contributed by atoms with Crippen molar-refractivity contribution in [2.75, 3.05) is 13.7 Å². The zero-order valence-corrected chi connectivity index (χ0v) is 28.3. The Bertz CT molecular complexity index is 1470. The summed E-state index contributed by atoms with van der Waals surface area (Å²) in [6.07, 6.45) is 13.0. The van der Waals surface area contributed by atoms with E-state index in [-0.39, 0.29) is 18.7 Å². The lowest BCUT2D eigenvalue weighted by Gasteiger charge is -2.58. The van der Waals surface area contributed by atoms with Crippen molar-refractivity contribution in [1.82, 2.24) is 0 Å². The van der Waals surface area contributed by atoms with Gasteiger partial charge in [-0.25, -0.2) is 0 Å². The van der Waals surface area contributed by atoms with E-state index in [1.165, 1.54) is 51.0 Å². The van der Waals surface area contributed by atoms with Gasteiger partial charge in [0.05, 0.1) is 29.6 Å². The van der Waals surface area contributed by atoms with Gasteiger partial charge in [-0.15, -0.1) is 0 Å². The number of methoxy groups -OCH3 is 1. The Labute approximate surface area is 274 Å². The Kier molecular flexibility index (Phi) is 9.35. The molecule has 8 atom stereocenters. The predicted octanol–water partition coefficient (Wildman–Crippen LogP) is 8.80. The average molecular weight is 630 g/mol. The van der Waals surface area contributed by atoms with Crippen molar-refractivity contribution in [1.29, 1.82) is 0 Å². The molecule has 3 fully saturated rings. The largest absolute Gasteiger partial charge is 0.493 e. The van der Waals surface area contributed by atoms with E-state index in [1.807, 2.05) is 38.3 Å². The van der Waals surface area contributed by atoms with Crippen LogP contribution in [0.2, 0.25) is 0 Å². The molecule has 0 N–H and O–H groups in total.